The maximum atomic E-state index is 12.3. The molecule has 0 unspecified atom stereocenters. The third-order valence-electron chi connectivity index (χ3n) is 4.53. The highest BCUT2D eigenvalue weighted by Crippen LogP contribution is 2.35. The predicted molar refractivity (Wildman–Crippen MR) is 121 cm³/mol. The molecule has 0 aliphatic carbocycles. The molecule has 0 spiro atoms. The first-order chi connectivity index (χ1) is 14.7. The van der Waals surface area contributed by atoms with Crippen LogP contribution in [-0.4, -0.2) is 53.0 Å². The van der Waals surface area contributed by atoms with Gasteiger partial charge in [-0.15, -0.1) is 11.3 Å². The maximum absolute atomic E-state index is 12.3. The number of rotatable bonds is 5. The highest BCUT2D eigenvalue weighted by Gasteiger charge is 2.31. The van der Waals surface area contributed by atoms with Crippen molar-refractivity contribution in [3.05, 3.63) is 42.1 Å². The molecule has 0 atom stereocenters. The molecule has 162 valence electrons. The van der Waals surface area contributed by atoms with Crippen molar-refractivity contribution < 1.29 is 13.3 Å². The second-order valence-corrected chi connectivity index (χ2v) is 10.3. The van der Waals surface area contributed by atoms with Gasteiger partial charge in [0, 0.05) is 30.9 Å². The van der Waals surface area contributed by atoms with E-state index in [1.54, 1.807) is 18.6 Å². The Morgan fingerprint density at radius 1 is 1.26 bits per heavy atom. The highest BCUT2D eigenvalue weighted by molar-refractivity contribution is 7.92. The van der Waals surface area contributed by atoms with Gasteiger partial charge in [0.1, 0.15) is 28.2 Å². The third kappa shape index (κ3) is 4.42. The van der Waals surface area contributed by atoms with Gasteiger partial charge in [-0.25, -0.2) is 23.4 Å². The van der Waals surface area contributed by atoms with Gasteiger partial charge in [-0.3, -0.25) is 9.29 Å². The molecule has 0 saturated carbocycles. The quantitative estimate of drug-likeness (QED) is 0.540. The number of hydrogen-bond donors (Lipinski definition) is 0. The normalized spacial score (nSPS) is 15.4. The van der Waals surface area contributed by atoms with Gasteiger partial charge in [0.2, 0.25) is 10.0 Å². The average Bonchev–Trinajstić information content (AvgIpc) is 3.13. The Labute approximate surface area is 184 Å². The average molecular weight is 459 g/mol. The van der Waals surface area contributed by atoms with E-state index in [1.807, 2.05) is 32.9 Å². The maximum Gasteiger partial charge on any atom is 0.233 e. The van der Waals surface area contributed by atoms with Gasteiger partial charge in [0.25, 0.3) is 0 Å². The molecule has 3 aromatic heterocycles. The molecular formula is C20H22N6O3S2. The second-order valence-electron chi connectivity index (χ2n) is 7.38. The number of oxime groups is 1. The van der Waals surface area contributed by atoms with Crippen LogP contribution >= 0.6 is 11.3 Å². The van der Waals surface area contributed by atoms with Crippen LogP contribution in [0.2, 0.25) is 0 Å². The lowest BCUT2D eigenvalue weighted by Gasteiger charge is -2.28. The summed E-state index contributed by atoms with van der Waals surface area (Å²) in [6.45, 7) is 5.90. The first-order valence-electron chi connectivity index (χ1n) is 9.70. The van der Waals surface area contributed by atoms with Crippen molar-refractivity contribution in [2.45, 2.75) is 33.3 Å². The summed E-state index contributed by atoms with van der Waals surface area (Å²) in [5.74, 6) is 0.262. The van der Waals surface area contributed by atoms with Crippen LogP contribution < -0.4 is 4.31 Å². The molecule has 0 radical (unpaired) electrons. The fraction of sp³-hybridized carbons (Fsp3) is 0.350. The number of fused-ring (bicyclic) bond motifs is 1. The van der Waals surface area contributed by atoms with Crippen LogP contribution in [0.5, 0.6) is 0 Å². The van der Waals surface area contributed by atoms with Crippen LogP contribution in [0.3, 0.4) is 0 Å². The number of thiazole rings is 1. The van der Waals surface area contributed by atoms with E-state index in [-0.39, 0.29) is 18.5 Å². The summed E-state index contributed by atoms with van der Waals surface area (Å²) in [6.07, 6.45) is 6.49. The van der Waals surface area contributed by atoms with Gasteiger partial charge in [-0.2, -0.15) is 0 Å². The van der Waals surface area contributed by atoms with Gasteiger partial charge >= 0.3 is 0 Å². The second kappa shape index (κ2) is 8.31. The van der Waals surface area contributed by atoms with Crippen molar-refractivity contribution in [2.75, 3.05) is 17.1 Å². The third-order valence-corrected chi connectivity index (χ3v) is 6.91. The van der Waals surface area contributed by atoms with Gasteiger partial charge in [-0.05, 0) is 32.9 Å². The molecule has 4 heterocycles. The standard InChI is InChI=1S/C20H22N6O3S2/c1-12(2)29-25-15-7-9-26(31(4,27)28)19-17(15)24-16(11-22-19)18-13(3)23-20(30-18)14-6-5-8-21-10-14/h5-6,8,10-12H,7,9H2,1-4H3/b25-15+. The zero-order valence-electron chi connectivity index (χ0n) is 17.6. The van der Waals surface area contributed by atoms with Gasteiger partial charge < -0.3 is 4.84 Å². The van der Waals surface area contributed by atoms with E-state index in [1.165, 1.54) is 15.6 Å². The number of nitrogens with zero attached hydrogens (tertiary/aromatic N) is 6. The van der Waals surface area contributed by atoms with Crippen molar-refractivity contribution in [3.63, 3.8) is 0 Å². The van der Waals surface area contributed by atoms with Crippen LogP contribution in [0.25, 0.3) is 21.1 Å². The predicted octanol–water partition coefficient (Wildman–Crippen LogP) is 3.27. The van der Waals surface area contributed by atoms with E-state index >= 15 is 0 Å². The number of sulfonamides is 1. The fourth-order valence-corrected chi connectivity index (χ4v) is 5.01. The Bertz CT molecular complexity index is 1240. The number of pyridine rings is 1. The van der Waals surface area contributed by atoms with Crippen molar-refractivity contribution >= 4 is 32.9 Å². The Balaban J connectivity index is 1.81. The molecule has 9 nitrogen and oxygen atoms in total. The number of anilines is 1. The van der Waals surface area contributed by atoms with E-state index in [9.17, 15) is 8.42 Å². The van der Waals surface area contributed by atoms with E-state index in [0.717, 1.165) is 27.4 Å². The highest BCUT2D eigenvalue weighted by atomic mass is 32.2. The molecule has 1 aliphatic heterocycles. The van der Waals surface area contributed by atoms with Crippen molar-refractivity contribution in [3.8, 4) is 21.1 Å². The van der Waals surface area contributed by atoms with Crippen molar-refractivity contribution in [1.29, 1.82) is 0 Å². The first-order valence-corrected chi connectivity index (χ1v) is 12.4. The smallest absolute Gasteiger partial charge is 0.233 e. The van der Waals surface area contributed by atoms with Crippen LogP contribution in [0.15, 0.2) is 35.9 Å². The fourth-order valence-electron chi connectivity index (χ4n) is 3.13. The van der Waals surface area contributed by atoms with Gasteiger partial charge in [-0.1, -0.05) is 5.16 Å². The molecule has 0 N–H and O–H groups in total. The monoisotopic (exact) mass is 458 g/mol. The number of aryl methyl sites for hydroxylation is 1. The largest absolute Gasteiger partial charge is 0.393 e. The summed E-state index contributed by atoms with van der Waals surface area (Å²) < 4.78 is 25.8. The Morgan fingerprint density at radius 3 is 2.74 bits per heavy atom. The molecule has 4 rings (SSSR count). The zero-order chi connectivity index (χ0) is 22.2. The van der Waals surface area contributed by atoms with Crippen LogP contribution in [0.4, 0.5) is 5.82 Å². The summed E-state index contributed by atoms with van der Waals surface area (Å²) in [5, 5.41) is 5.05. The lowest BCUT2D eigenvalue weighted by molar-refractivity contribution is 0.0855. The lowest BCUT2D eigenvalue weighted by atomic mass is 10.1. The Morgan fingerprint density at radius 2 is 2.06 bits per heavy atom. The molecular weight excluding hydrogens is 436 g/mol. The minimum atomic E-state index is -3.49. The van der Waals surface area contributed by atoms with Crippen LogP contribution in [-0.2, 0) is 14.9 Å². The van der Waals surface area contributed by atoms with E-state index in [4.69, 9.17) is 9.82 Å². The van der Waals surface area contributed by atoms with Crippen molar-refractivity contribution in [1.82, 2.24) is 19.9 Å². The van der Waals surface area contributed by atoms with E-state index in [2.05, 4.69) is 20.1 Å². The number of aromatic nitrogens is 4. The van der Waals surface area contributed by atoms with Gasteiger partial charge in [0.05, 0.1) is 23.0 Å². The topological polar surface area (TPSA) is 111 Å². The Hall–Kier alpha value is -2.92. The first kappa shape index (κ1) is 21.3. The lowest BCUT2D eigenvalue weighted by Crippen LogP contribution is -2.38. The molecule has 31 heavy (non-hydrogen) atoms. The summed E-state index contributed by atoms with van der Waals surface area (Å²) in [4.78, 5) is 24.3. The summed E-state index contributed by atoms with van der Waals surface area (Å²) >= 11 is 1.49. The molecule has 0 saturated heterocycles. The summed E-state index contributed by atoms with van der Waals surface area (Å²) in [5.41, 5.74) is 3.32. The zero-order valence-corrected chi connectivity index (χ0v) is 19.2. The SMILES string of the molecule is Cc1nc(-c2cccnc2)sc1-c1cnc2c(n1)/C(=N/OC(C)C)CCN2S(C)(=O)=O. The molecule has 0 bridgehead atoms. The van der Waals surface area contributed by atoms with Gasteiger partial charge in [0.15, 0.2) is 5.82 Å². The van der Waals surface area contributed by atoms with E-state index in [0.29, 0.717) is 23.5 Å². The molecule has 0 amide bonds. The summed E-state index contributed by atoms with van der Waals surface area (Å²) in [6, 6.07) is 3.81. The van der Waals surface area contributed by atoms with Crippen LogP contribution in [0.1, 0.15) is 31.7 Å². The molecule has 11 heteroatoms. The minimum absolute atomic E-state index is 0.106. The molecule has 0 fully saturated rings. The van der Waals surface area contributed by atoms with E-state index < -0.39 is 10.0 Å². The number of hydrogen-bond acceptors (Lipinski definition) is 9. The van der Waals surface area contributed by atoms with Crippen molar-refractivity contribution in [2.24, 2.45) is 5.16 Å². The molecule has 1 aliphatic rings. The minimum Gasteiger partial charge on any atom is -0.393 e. The molecule has 3 aromatic rings. The Kier molecular flexibility index (Phi) is 5.71. The van der Waals surface area contributed by atoms with Crippen LogP contribution in [0, 0.1) is 6.92 Å². The molecule has 0 aromatic carbocycles. The summed E-state index contributed by atoms with van der Waals surface area (Å²) in [7, 11) is -3.49.